The van der Waals surface area contributed by atoms with Crippen molar-refractivity contribution in [2.75, 3.05) is 7.11 Å². The molecule has 0 aliphatic rings. The molecule has 4 heteroatoms. The van der Waals surface area contributed by atoms with E-state index in [2.05, 4.69) is 10.6 Å². The fraction of sp³-hybridized carbons (Fsp3) is 0.118. The minimum absolute atomic E-state index is 0.625. The number of nitrogens with zero attached hydrogens (tertiary/aromatic N) is 2. The maximum absolute atomic E-state index is 9.04. The van der Waals surface area contributed by atoms with Crippen molar-refractivity contribution in [3.63, 3.8) is 0 Å². The summed E-state index contributed by atoms with van der Waals surface area (Å²) in [5.41, 5.74) is 2.65. The summed E-state index contributed by atoms with van der Waals surface area (Å²) < 4.78 is 7.48. The second-order valence-corrected chi connectivity index (χ2v) is 5.22. The Morgan fingerprint density at radius 1 is 1.19 bits per heavy atom. The lowest BCUT2D eigenvalue weighted by Crippen LogP contribution is -2.01. The minimum Gasteiger partial charge on any atom is -0.496 e. The number of halogens is 1. The van der Waals surface area contributed by atoms with Crippen LogP contribution in [0.4, 0.5) is 0 Å². The maximum atomic E-state index is 9.04. The lowest BCUT2D eigenvalue weighted by atomic mass is 10.1. The minimum atomic E-state index is 0.625. The lowest BCUT2D eigenvalue weighted by molar-refractivity contribution is 0.408. The summed E-state index contributed by atoms with van der Waals surface area (Å²) >= 11 is 6.08. The SMILES string of the molecule is COc1ccc(C#N)cc1Cn1ccc2ccc(Cl)cc21. The predicted octanol–water partition coefficient (Wildman–Crippen LogP) is 4.22. The van der Waals surface area contributed by atoms with Crippen LogP contribution >= 0.6 is 11.6 Å². The molecule has 0 fully saturated rings. The molecule has 0 atom stereocenters. The highest BCUT2D eigenvalue weighted by molar-refractivity contribution is 6.31. The molecule has 0 N–H and O–H groups in total. The lowest BCUT2D eigenvalue weighted by Gasteiger charge is -2.11. The van der Waals surface area contributed by atoms with Gasteiger partial charge in [-0.05, 0) is 41.8 Å². The Bertz CT molecular complexity index is 846. The Balaban J connectivity index is 2.06. The first kappa shape index (κ1) is 13.5. The molecular weight excluding hydrogens is 284 g/mol. The van der Waals surface area contributed by atoms with E-state index in [1.54, 1.807) is 13.2 Å². The highest BCUT2D eigenvalue weighted by Gasteiger charge is 2.08. The number of rotatable bonds is 3. The summed E-state index contributed by atoms with van der Waals surface area (Å²) in [7, 11) is 1.63. The summed E-state index contributed by atoms with van der Waals surface area (Å²) in [5, 5.41) is 10.9. The van der Waals surface area contributed by atoms with Crippen molar-refractivity contribution in [2.45, 2.75) is 6.54 Å². The van der Waals surface area contributed by atoms with Gasteiger partial charge in [0, 0.05) is 22.3 Å². The summed E-state index contributed by atoms with van der Waals surface area (Å²) in [6.45, 7) is 0.628. The van der Waals surface area contributed by atoms with Crippen molar-refractivity contribution in [3.05, 3.63) is 64.8 Å². The topological polar surface area (TPSA) is 37.9 Å². The van der Waals surface area contributed by atoms with Crippen LogP contribution in [0, 0.1) is 11.3 Å². The largest absolute Gasteiger partial charge is 0.496 e. The normalized spacial score (nSPS) is 10.5. The van der Waals surface area contributed by atoms with E-state index in [0.29, 0.717) is 17.1 Å². The molecule has 0 spiro atoms. The Hall–Kier alpha value is -2.44. The number of benzene rings is 2. The van der Waals surface area contributed by atoms with Gasteiger partial charge in [0.15, 0.2) is 0 Å². The number of hydrogen-bond donors (Lipinski definition) is 0. The van der Waals surface area contributed by atoms with Crippen molar-refractivity contribution in [1.82, 2.24) is 4.57 Å². The molecule has 0 radical (unpaired) electrons. The van der Waals surface area contributed by atoms with Gasteiger partial charge in [-0.2, -0.15) is 5.26 Å². The first-order valence-electron chi connectivity index (χ1n) is 6.52. The van der Waals surface area contributed by atoms with Crippen molar-refractivity contribution in [2.24, 2.45) is 0 Å². The van der Waals surface area contributed by atoms with Crippen LogP contribution in [-0.4, -0.2) is 11.7 Å². The molecule has 3 aromatic rings. The highest BCUT2D eigenvalue weighted by Crippen LogP contribution is 2.25. The molecule has 0 amide bonds. The van der Waals surface area contributed by atoms with Gasteiger partial charge in [-0.3, -0.25) is 0 Å². The number of aromatic nitrogens is 1. The average molecular weight is 297 g/mol. The maximum Gasteiger partial charge on any atom is 0.123 e. The van der Waals surface area contributed by atoms with E-state index in [-0.39, 0.29) is 0 Å². The standard InChI is InChI=1S/C17H13ClN2O/c1-21-17-5-2-12(10-19)8-14(17)11-20-7-6-13-3-4-15(18)9-16(13)20/h2-9H,11H2,1H3. The van der Waals surface area contributed by atoms with Crippen molar-refractivity contribution in [3.8, 4) is 11.8 Å². The summed E-state index contributed by atoms with van der Waals surface area (Å²) in [5.74, 6) is 0.776. The Morgan fingerprint density at radius 2 is 2.05 bits per heavy atom. The first-order chi connectivity index (χ1) is 10.2. The van der Waals surface area contributed by atoms with Gasteiger partial charge in [0.1, 0.15) is 5.75 Å². The zero-order valence-corrected chi connectivity index (χ0v) is 12.3. The van der Waals surface area contributed by atoms with E-state index in [0.717, 1.165) is 22.2 Å². The molecule has 1 heterocycles. The Labute approximate surface area is 127 Å². The van der Waals surface area contributed by atoms with Crippen LogP contribution in [0.2, 0.25) is 5.02 Å². The van der Waals surface area contributed by atoms with Crippen molar-refractivity contribution < 1.29 is 4.74 Å². The van der Waals surface area contributed by atoms with Gasteiger partial charge in [-0.15, -0.1) is 0 Å². The van der Waals surface area contributed by atoms with Crippen LogP contribution in [-0.2, 0) is 6.54 Å². The molecule has 0 aliphatic heterocycles. The van der Waals surface area contributed by atoms with Gasteiger partial charge in [0.05, 0.1) is 25.3 Å². The quantitative estimate of drug-likeness (QED) is 0.725. The Morgan fingerprint density at radius 3 is 2.81 bits per heavy atom. The van der Waals surface area contributed by atoms with Crippen LogP contribution in [0.15, 0.2) is 48.7 Å². The van der Waals surface area contributed by atoms with Gasteiger partial charge in [-0.1, -0.05) is 17.7 Å². The molecule has 3 rings (SSSR count). The molecular formula is C17H13ClN2O. The van der Waals surface area contributed by atoms with E-state index >= 15 is 0 Å². The molecule has 0 saturated heterocycles. The molecule has 3 nitrogen and oxygen atoms in total. The Kier molecular flexibility index (Phi) is 3.55. The number of methoxy groups -OCH3 is 1. The zero-order valence-electron chi connectivity index (χ0n) is 11.5. The molecule has 1 aromatic heterocycles. The smallest absolute Gasteiger partial charge is 0.123 e. The molecule has 0 aliphatic carbocycles. The second kappa shape index (κ2) is 5.51. The first-order valence-corrected chi connectivity index (χ1v) is 6.90. The molecule has 21 heavy (non-hydrogen) atoms. The fourth-order valence-corrected chi connectivity index (χ4v) is 2.62. The third-order valence-electron chi connectivity index (χ3n) is 3.49. The van der Waals surface area contributed by atoms with Crippen LogP contribution in [0.1, 0.15) is 11.1 Å². The summed E-state index contributed by atoms with van der Waals surface area (Å²) in [6.07, 6.45) is 2.01. The average Bonchev–Trinajstić information content (AvgIpc) is 2.89. The number of fused-ring (bicyclic) bond motifs is 1. The van der Waals surface area contributed by atoms with Gasteiger partial charge in [0.2, 0.25) is 0 Å². The van der Waals surface area contributed by atoms with Gasteiger partial charge in [0.25, 0.3) is 0 Å². The van der Waals surface area contributed by atoms with Crippen LogP contribution < -0.4 is 4.74 Å². The van der Waals surface area contributed by atoms with Crippen molar-refractivity contribution in [1.29, 1.82) is 5.26 Å². The summed E-state index contributed by atoms with van der Waals surface area (Å²) in [6, 6.07) is 15.5. The van der Waals surface area contributed by atoms with E-state index in [4.69, 9.17) is 21.6 Å². The third-order valence-corrected chi connectivity index (χ3v) is 3.72. The number of nitriles is 1. The molecule has 0 unspecified atom stereocenters. The third kappa shape index (κ3) is 2.58. The monoisotopic (exact) mass is 296 g/mol. The number of hydrogen-bond acceptors (Lipinski definition) is 2. The van der Waals surface area contributed by atoms with E-state index in [9.17, 15) is 0 Å². The zero-order chi connectivity index (χ0) is 14.8. The second-order valence-electron chi connectivity index (χ2n) is 4.79. The van der Waals surface area contributed by atoms with Gasteiger partial charge < -0.3 is 9.30 Å². The van der Waals surface area contributed by atoms with Gasteiger partial charge in [-0.25, -0.2) is 0 Å². The van der Waals surface area contributed by atoms with E-state index < -0.39 is 0 Å². The van der Waals surface area contributed by atoms with E-state index in [1.807, 2.05) is 42.6 Å². The molecule has 2 aromatic carbocycles. The fourth-order valence-electron chi connectivity index (χ4n) is 2.45. The van der Waals surface area contributed by atoms with E-state index in [1.165, 1.54) is 0 Å². The van der Waals surface area contributed by atoms with Crippen LogP contribution in [0.5, 0.6) is 5.75 Å². The molecule has 0 bridgehead atoms. The molecule has 104 valence electrons. The summed E-state index contributed by atoms with van der Waals surface area (Å²) in [4.78, 5) is 0. The highest BCUT2D eigenvalue weighted by atomic mass is 35.5. The van der Waals surface area contributed by atoms with Crippen molar-refractivity contribution >= 4 is 22.5 Å². The van der Waals surface area contributed by atoms with Crippen LogP contribution in [0.25, 0.3) is 10.9 Å². The molecule has 0 saturated carbocycles. The van der Waals surface area contributed by atoms with Crippen LogP contribution in [0.3, 0.4) is 0 Å². The number of ether oxygens (including phenoxy) is 1. The van der Waals surface area contributed by atoms with Gasteiger partial charge >= 0.3 is 0 Å². The predicted molar refractivity (Wildman–Crippen MR) is 83.8 cm³/mol.